The maximum absolute atomic E-state index is 12.0. The number of carbonyl (C=O) groups is 2. The van der Waals surface area contributed by atoms with E-state index in [0.717, 1.165) is 0 Å². The highest BCUT2D eigenvalue weighted by molar-refractivity contribution is 6.13. The van der Waals surface area contributed by atoms with E-state index in [1.54, 1.807) is 25.1 Å². The van der Waals surface area contributed by atoms with Crippen molar-refractivity contribution in [2.24, 2.45) is 5.41 Å². The first-order valence-corrected chi connectivity index (χ1v) is 6.69. The van der Waals surface area contributed by atoms with Gasteiger partial charge in [-0.05, 0) is 45.7 Å². The summed E-state index contributed by atoms with van der Waals surface area (Å²) in [6.07, 6.45) is 0. The first-order valence-electron chi connectivity index (χ1n) is 6.69. The van der Waals surface area contributed by atoms with Crippen LogP contribution >= 0.6 is 0 Å². The average molecular weight is 282 g/mol. The van der Waals surface area contributed by atoms with Crippen LogP contribution in [0.25, 0.3) is 0 Å². The predicted molar refractivity (Wildman–Crippen MR) is 81.5 cm³/mol. The first-order chi connectivity index (χ1) is 9.83. The van der Waals surface area contributed by atoms with Gasteiger partial charge in [-0.1, -0.05) is 24.0 Å². The molecule has 0 aromatic heterocycles. The number of benzene rings is 1. The van der Waals surface area contributed by atoms with Gasteiger partial charge in [-0.3, -0.25) is 4.79 Å². The fourth-order valence-corrected chi connectivity index (χ4v) is 1.39. The summed E-state index contributed by atoms with van der Waals surface area (Å²) in [5, 5.41) is 0. The van der Waals surface area contributed by atoms with Gasteiger partial charge in [-0.2, -0.15) is 0 Å². The van der Waals surface area contributed by atoms with Gasteiger partial charge in [0.2, 0.25) is 5.78 Å². The minimum atomic E-state index is -0.705. The molecule has 0 unspecified atom stereocenters. The van der Waals surface area contributed by atoms with Crippen LogP contribution in [0.5, 0.6) is 0 Å². The molecule has 0 fully saturated rings. The van der Waals surface area contributed by atoms with Crippen LogP contribution in [0.2, 0.25) is 0 Å². The van der Waals surface area contributed by atoms with Crippen LogP contribution in [0, 0.1) is 29.1 Å². The lowest BCUT2D eigenvalue weighted by atomic mass is 9.96. The summed E-state index contributed by atoms with van der Waals surface area (Å²) >= 11 is 0. The van der Waals surface area contributed by atoms with Gasteiger partial charge in [0.05, 0.1) is 6.61 Å². The van der Waals surface area contributed by atoms with E-state index < -0.39 is 11.8 Å². The lowest BCUT2D eigenvalue weighted by Gasteiger charge is -2.07. The van der Waals surface area contributed by atoms with E-state index in [4.69, 9.17) is 0 Å². The molecule has 108 valence electrons. The van der Waals surface area contributed by atoms with Crippen LogP contribution in [-0.2, 0) is 9.53 Å². The van der Waals surface area contributed by atoms with Gasteiger partial charge >= 0.3 is 5.97 Å². The molecule has 0 aliphatic heterocycles. The van der Waals surface area contributed by atoms with Crippen molar-refractivity contribution >= 4 is 11.8 Å². The van der Waals surface area contributed by atoms with E-state index in [1.807, 2.05) is 26.8 Å². The van der Waals surface area contributed by atoms with Crippen molar-refractivity contribution < 1.29 is 14.3 Å². The molecule has 0 aliphatic carbocycles. The quantitative estimate of drug-likeness (QED) is 0.275. The lowest BCUT2D eigenvalue weighted by Crippen LogP contribution is -2.04. The largest absolute Gasteiger partial charge is 0.456 e. The maximum Gasteiger partial charge on any atom is 0.384 e. The summed E-state index contributed by atoms with van der Waals surface area (Å²) in [5.74, 6) is 9.38. The van der Waals surface area contributed by atoms with Crippen LogP contribution in [-0.4, -0.2) is 18.4 Å². The first kappa shape index (κ1) is 16.5. The average Bonchev–Trinajstić information content (AvgIpc) is 2.42. The third-order valence-corrected chi connectivity index (χ3v) is 2.30. The summed E-state index contributed by atoms with van der Waals surface area (Å²) in [6, 6.07) is 6.95. The Labute approximate surface area is 125 Å². The molecule has 21 heavy (non-hydrogen) atoms. The van der Waals surface area contributed by atoms with Crippen LogP contribution in [0.4, 0.5) is 0 Å². The van der Waals surface area contributed by atoms with Gasteiger partial charge in [-0.25, -0.2) is 4.79 Å². The molecule has 1 aromatic carbocycles. The molecular weight excluding hydrogens is 264 g/mol. The molecule has 0 spiro atoms. The third kappa shape index (κ3) is 5.97. The van der Waals surface area contributed by atoms with Crippen molar-refractivity contribution in [2.45, 2.75) is 27.7 Å². The smallest absolute Gasteiger partial charge is 0.384 e. The van der Waals surface area contributed by atoms with Crippen molar-refractivity contribution in [3.8, 4) is 23.7 Å². The Morgan fingerprint density at radius 1 is 1.14 bits per heavy atom. The standard InChI is InChI=1S/C18H18O3/c1-5-21-17(20)11-10-16(19)15-9-7-6-8-14(15)12-13-18(2,3)4/h6-9H,5H2,1-4H3. The summed E-state index contributed by atoms with van der Waals surface area (Å²) in [4.78, 5) is 23.2. The van der Waals surface area contributed by atoms with Crippen LogP contribution in [0.15, 0.2) is 24.3 Å². The van der Waals surface area contributed by atoms with E-state index in [1.165, 1.54) is 0 Å². The zero-order valence-corrected chi connectivity index (χ0v) is 12.7. The molecule has 0 atom stereocenters. The van der Waals surface area contributed by atoms with Gasteiger partial charge in [0.1, 0.15) is 0 Å². The van der Waals surface area contributed by atoms with Crippen LogP contribution < -0.4 is 0 Å². The third-order valence-electron chi connectivity index (χ3n) is 2.30. The summed E-state index contributed by atoms with van der Waals surface area (Å²) in [5.41, 5.74) is 0.842. The fourth-order valence-electron chi connectivity index (χ4n) is 1.39. The van der Waals surface area contributed by atoms with Crippen molar-refractivity contribution in [2.75, 3.05) is 6.61 Å². The van der Waals surface area contributed by atoms with E-state index in [-0.39, 0.29) is 12.0 Å². The molecule has 3 nitrogen and oxygen atoms in total. The number of Topliss-reactive ketones (excluding diaryl/α,β-unsaturated/α-hetero) is 1. The van der Waals surface area contributed by atoms with E-state index >= 15 is 0 Å². The summed E-state index contributed by atoms with van der Waals surface area (Å²) in [7, 11) is 0. The highest BCUT2D eigenvalue weighted by Crippen LogP contribution is 2.13. The Morgan fingerprint density at radius 2 is 1.81 bits per heavy atom. The molecule has 0 bridgehead atoms. The number of carbonyl (C=O) groups excluding carboxylic acids is 2. The summed E-state index contributed by atoms with van der Waals surface area (Å²) in [6.45, 7) is 7.88. The summed E-state index contributed by atoms with van der Waals surface area (Å²) < 4.78 is 4.66. The number of esters is 1. The molecule has 1 rings (SSSR count). The monoisotopic (exact) mass is 282 g/mol. The second kappa shape index (κ2) is 7.31. The van der Waals surface area contributed by atoms with Crippen molar-refractivity contribution in [1.29, 1.82) is 0 Å². The molecular formula is C18H18O3. The Balaban J connectivity index is 3.05. The molecule has 0 saturated heterocycles. The van der Waals surface area contributed by atoms with E-state index in [9.17, 15) is 9.59 Å². The normalized spacial score (nSPS) is 9.71. The van der Waals surface area contributed by atoms with Gasteiger partial charge in [0.15, 0.2) is 0 Å². The predicted octanol–water partition coefficient (Wildman–Crippen LogP) is 2.83. The number of rotatable bonds is 2. The molecule has 0 aliphatic rings. The molecule has 0 N–H and O–H groups in total. The van der Waals surface area contributed by atoms with E-state index in [2.05, 4.69) is 28.4 Å². The Morgan fingerprint density at radius 3 is 2.43 bits per heavy atom. The minimum Gasteiger partial charge on any atom is -0.456 e. The van der Waals surface area contributed by atoms with Gasteiger partial charge in [0, 0.05) is 22.5 Å². The van der Waals surface area contributed by atoms with Crippen molar-refractivity contribution in [1.82, 2.24) is 0 Å². The number of hydrogen-bond donors (Lipinski definition) is 0. The maximum atomic E-state index is 12.0. The topological polar surface area (TPSA) is 43.4 Å². The SMILES string of the molecule is CCOC(=O)C#CC(=O)c1ccccc1C#CC(C)(C)C. The number of hydrogen-bond acceptors (Lipinski definition) is 3. The molecule has 0 saturated carbocycles. The Kier molecular flexibility index (Phi) is 5.76. The highest BCUT2D eigenvalue weighted by Gasteiger charge is 2.09. The zero-order valence-electron chi connectivity index (χ0n) is 12.7. The molecule has 3 heteroatoms. The number of ketones is 1. The Hall–Kier alpha value is -2.52. The van der Waals surface area contributed by atoms with E-state index in [0.29, 0.717) is 11.1 Å². The molecule has 1 aromatic rings. The number of ether oxygens (including phenoxy) is 1. The molecule has 0 radical (unpaired) electrons. The van der Waals surface area contributed by atoms with Crippen molar-refractivity contribution in [3.63, 3.8) is 0 Å². The zero-order chi connectivity index (χ0) is 15.9. The highest BCUT2D eigenvalue weighted by atomic mass is 16.5. The second-order valence-electron chi connectivity index (χ2n) is 5.35. The Bertz CT molecular complexity index is 655. The second-order valence-corrected chi connectivity index (χ2v) is 5.35. The van der Waals surface area contributed by atoms with Gasteiger partial charge < -0.3 is 4.74 Å². The van der Waals surface area contributed by atoms with Gasteiger partial charge in [-0.15, -0.1) is 0 Å². The minimum absolute atomic E-state index is 0.160. The van der Waals surface area contributed by atoms with Crippen molar-refractivity contribution in [3.05, 3.63) is 35.4 Å². The van der Waals surface area contributed by atoms with Crippen LogP contribution in [0.3, 0.4) is 0 Å². The van der Waals surface area contributed by atoms with Gasteiger partial charge in [0.25, 0.3) is 0 Å². The fraction of sp³-hybridized carbons (Fsp3) is 0.333. The molecule has 0 heterocycles. The van der Waals surface area contributed by atoms with Crippen LogP contribution in [0.1, 0.15) is 43.6 Å². The molecule has 0 amide bonds. The lowest BCUT2D eigenvalue weighted by molar-refractivity contribution is -0.136.